The van der Waals surface area contributed by atoms with Crippen molar-refractivity contribution in [1.29, 1.82) is 10.7 Å². The molecule has 0 bridgehead atoms. The monoisotopic (exact) mass is 244 g/mol. The molecule has 4 N–H and O–H groups in total. The molecule has 0 saturated heterocycles. The van der Waals surface area contributed by atoms with Crippen LogP contribution >= 0.6 is 11.8 Å². The zero-order valence-corrected chi connectivity index (χ0v) is 9.97. The predicted octanol–water partition coefficient (Wildman–Crippen LogP) is 1.65. The zero-order chi connectivity index (χ0) is 12.3. The fourth-order valence-corrected chi connectivity index (χ4v) is 2.39. The van der Waals surface area contributed by atoms with Gasteiger partial charge in [0.15, 0.2) is 5.17 Å². The van der Waals surface area contributed by atoms with Crippen molar-refractivity contribution in [2.75, 3.05) is 6.54 Å². The van der Waals surface area contributed by atoms with Gasteiger partial charge < -0.3 is 11.1 Å². The van der Waals surface area contributed by atoms with Crippen LogP contribution in [0.2, 0.25) is 0 Å². The van der Waals surface area contributed by atoms with Crippen molar-refractivity contribution in [2.45, 2.75) is 6.42 Å². The molecule has 17 heavy (non-hydrogen) atoms. The molecule has 1 aliphatic heterocycles. The third kappa shape index (κ3) is 2.43. The number of nitriles is 1. The number of thioether (sulfide) groups is 1. The highest BCUT2D eigenvalue weighted by atomic mass is 32.2. The topological polar surface area (TPSA) is 85.7 Å². The fraction of sp³-hybridized carbons (Fsp3) is 0.167. The zero-order valence-electron chi connectivity index (χ0n) is 9.16. The summed E-state index contributed by atoms with van der Waals surface area (Å²) < 4.78 is 0. The van der Waals surface area contributed by atoms with Crippen molar-refractivity contribution in [3.63, 3.8) is 0 Å². The van der Waals surface area contributed by atoms with Crippen LogP contribution in [0.15, 0.2) is 29.2 Å². The Bertz CT molecular complexity index is 528. The van der Waals surface area contributed by atoms with Crippen molar-refractivity contribution in [3.05, 3.63) is 40.3 Å². The number of nitrogens with one attached hydrogen (secondary N) is 2. The molecule has 0 spiro atoms. The molecule has 0 saturated carbocycles. The van der Waals surface area contributed by atoms with Gasteiger partial charge in [-0.3, -0.25) is 5.41 Å². The van der Waals surface area contributed by atoms with E-state index in [-0.39, 0.29) is 5.17 Å². The Hall–Kier alpha value is -1.93. The van der Waals surface area contributed by atoms with E-state index >= 15 is 0 Å². The molecule has 0 radical (unpaired) electrons. The predicted molar refractivity (Wildman–Crippen MR) is 70.2 cm³/mol. The Morgan fingerprint density at radius 2 is 2.24 bits per heavy atom. The number of allylic oxidation sites excluding steroid dienone is 1. The van der Waals surface area contributed by atoms with Crippen molar-refractivity contribution >= 4 is 22.6 Å². The molecule has 0 atom stereocenters. The first-order valence-electron chi connectivity index (χ1n) is 5.20. The van der Waals surface area contributed by atoms with E-state index in [0.717, 1.165) is 36.0 Å². The summed E-state index contributed by atoms with van der Waals surface area (Å²) in [5.41, 5.74) is 8.37. The van der Waals surface area contributed by atoms with Crippen LogP contribution in [-0.4, -0.2) is 11.7 Å². The maximum absolute atomic E-state index is 9.13. The number of benzene rings is 1. The molecule has 0 fully saturated rings. The van der Waals surface area contributed by atoms with Crippen molar-refractivity contribution in [2.24, 2.45) is 5.73 Å². The second-order valence-corrected chi connectivity index (χ2v) is 4.67. The van der Waals surface area contributed by atoms with Gasteiger partial charge in [-0.15, -0.1) is 0 Å². The number of fused-ring (bicyclic) bond motifs is 1. The molecule has 5 heteroatoms. The standard InChI is InChI=1S/C12H12N4S/c13-7-10(17-12(14)15)11-9-4-2-1-3-8(9)5-6-16-11/h1-4,16H,5-6H2,(H3,14,15)/b11-10+. The highest BCUT2D eigenvalue weighted by Crippen LogP contribution is 2.29. The summed E-state index contributed by atoms with van der Waals surface area (Å²) in [5.74, 6) is 0. The van der Waals surface area contributed by atoms with Gasteiger partial charge in [0.05, 0.1) is 5.70 Å². The molecular weight excluding hydrogens is 232 g/mol. The van der Waals surface area contributed by atoms with E-state index < -0.39 is 0 Å². The first-order valence-corrected chi connectivity index (χ1v) is 6.02. The molecular formula is C12H12N4S. The minimum atomic E-state index is -0.0705. The molecule has 1 aliphatic rings. The van der Waals surface area contributed by atoms with Gasteiger partial charge in [-0.25, -0.2) is 0 Å². The average molecular weight is 244 g/mol. The Morgan fingerprint density at radius 3 is 2.94 bits per heavy atom. The van der Waals surface area contributed by atoms with Crippen LogP contribution in [0.5, 0.6) is 0 Å². The largest absolute Gasteiger partial charge is 0.383 e. The van der Waals surface area contributed by atoms with E-state index in [0.29, 0.717) is 4.91 Å². The van der Waals surface area contributed by atoms with Crippen LogP contribution in [0.4, 0.5) is 0 Å². The molecule has 4 nitrogen and oxygen atoms in total. The molecule has 2 rings (SSSR count). The van der Waals surface area contributed by atoms with Gasteiger partial charge in [0.1, 0.15) is 11.0 Å². The number of rotatable bonds is 1. The number of hydrogen-bond acceptors (Lipinski definition) is 4. The third-order valence-corrected chi connectivity index (χ3v) is 3.24. The molecule has 0 aromatic heterocycles. The van der Waals surface area contributed by atoms with Crippen LogP contribution in [-0.2, 0) is 6.42 Å². The molecule has 1 aromatic rings. The molecule has 0 aliphatic carbocycles. The van der Waals surface area contributed by atoms with Gasteiger partial charge in [-0.2, -0.15) is 5.26 Å². The third-order valence-electron chi connectivity index (χ3n) is 2.52. The van der Waals surface area contributed by atoms with Gasteiger partial charge in [0, 0.05) is 12.1 Å². The lowest BCUT2D eigenvalue weighted by atomic mass is 9.98. The van der Waals surface area contributed by atoms with E-state index in [4.69, 9.17) is 16.4 Å². The minimum Gasteiger partial charge on any atom is -0.383 e. The summed E-state index contributed by atoms with van der Waals surface area (Å²) >= 11 is 0.987. The maximum Gasteiger partial charge on any atom is 0.156 e. The summed E-state index contributed by atoms with van der Waals surface area (Å²) in [6.07, 6.45) is 0.948. The Kier molecular flexibility index (Phi) is 3.35. The summed E-state index contributed by atoms with van der Waals surface area (Å²) in [6.45, 7) is 0.802. The lowest BCUT2D eigenvalue weighted by Crippen LogP contribution is -2.23. The number of amidine groups is 1. The Morgan fingerprint density at radius 1 is 1.47 bits per heavy atom. The summed E-state index contributed by atoms with van der Waals surface area (Å²) in [7, 11) is 0. The van der Waals surface area contributed by atoms with Gasteiger partial charge in [-0.1, -0.05) is 24.3 Å². The first kappa shape index (κ1) is 11.6. The molecule has 0 amide bonds. The number of nitrogens with two attached hydrogens (primary N) is 1. The molecule has 1 aromatic carbocycles. The second kappa shape index (κ2) is 4.93. The van der Waals surface area contributed by atoms with E-state index in [1.54, 1.807) is 0 Å². The molecule has 86 valence electrons. The van der Waals surface area contributed by atoms with E-state index in [1.165, 1.54) is 5.56 Å². The highest BCUT2D eigenvalue weighted by Gasteiger charge is 2.17. The lowest BCUT2D eigenvalue weighted by molar-refractivity contribution is 0.814. The smallest absolute Gasteiger partial charge is 0.156 e. The highest BCUT2D eigenvalue weighted by molar-refractivity contribution is 8.17. The molecule has 1 heterocycles. The van der Waals surface area contributed by atoms with E-state index in [9.17, 15) is 0 Å². The van der Waals surface area contributed by atoms with Crippen molar-refractivity contribution in [1.82, 2.24) is 5.32 Å². The summed E-state index contributed by atoms with van der Waals surface area (Å²) in [6, 6.07) is 10.1. The normalized spacial score (nSPS) is 16.4. The van der Waals surface area contributed by atoms with Crippen molar-refractivity contribution < 1.29 is 0 Å². The SMILES string of the molecule is N#C/C(SC(=N)N)=C1\NCCc2ccccc21. The number of nitrogens with zero attached hydrogens (tertiary/aromatic N) is 1. The van der Waals surface area contributed by atoms with Crippen LogP contribution in [0.1, 0.15) is 11.1 Å². The van der Waals surface area contributed by atoms with Crippen LogP contribution < -0.4 is 11.1 Å². The first-order chi connectivity index (χ1) is 8.22. The van der Waals surface area contributed by atoms with Crippen LogP contribution in [0, 0.1) is 16.7 Å². The summed E-state index contributed by atoms with van der Waals surface area (Å²) in [5, 5.41) is 19.5. The second-order valence-electron chi connectivity index (χ2n) is 3.62. The number of hydrogen-bond donors (Lipinski definition) is 3. The average Bonchev–Trinajstić information content (AvgIpc) is 2.35. The maximum atomic E-state index is 9.13. The van der Waals surface area contributed by atoms with Gasteiger partial charge in [0.25, 0.3) is 0 Å². The Labute approximate surface area is 104 Å². The summed E-state index contributed by atoms with van der Waals surface area (Å²) in [4.78, 5) is 0.449. The van der Waals surface area contributed by atoms with Gasteiger partial charge in [-0.05, 0) is 23.7 Å². The van der Waals surface area contributed by atoms with E-state index in [1.807, 2.05) is 18.2 Å². The Balaban J connectivity index is 2.50. The lowest BCUT2D eigenvalue weighted by Gasteiger charge is -2.21. The minimum absolute atomic E-state index is 0.0705. The van der Waals surface area contributed by atoms with Gasteiger partial charge in [0.2, 0.25) is 0 Å². The quantitative estimate of drug-likeness (QED) is 0.398. The fourth-order valence-electron chi connectivity index (χ4n) is 1.84. The van der Waals surface area contributed by atoms with Crippen molar-refractivity contribution in [3.8, 4) is 6.07 Å². The van der Waals surface area contributed by atoms with E-state index in [2.05, 4.69) is 17.5 Å². The van der Waals surface area contributed by atoms with Gasteiger partial charge >= 0.3 is 0 Å². The van der Waals surface area contributed by atoms with Crippen LogP contribution in [0.25, 0.3) is 5.70 Å². The van der Waals surface area contributed by atoms with Crippen LogP contribution in [0.3, 0.4) is 0 Å². The molecule has 0 unspecified atom stereocenters.